The number of esters is 1. The Morgan fingerprint density at radius 3 is 1.57 bits per heavy atom. The molecule has 9 heteroatoms. The number of aliphatic carboxylic acids is 1. The first-order valence-electron chi connectivity index (χ1n) is 15.6. The first kappa shape index (κ1) is 32.9. The molecule has 5 aromatic carbocycles. The van der Waals surface area contributed by atoms with Crippen LogP contribution in [0.4, 0.5) is 5.13 Å². The quantitative estimate of drug-likeness (QED) is 0.0555. The number of benzene rings is 5. The fourth-order valence-corrected chi connectivity index (χ4v) is 6.30. The van der Waals surface area contributed by atoms with Gasteiger partial charge in [-0.25, -0.2) is 14.6 Å². The Hall–Kier alpha value is -6.06. The number of rotatable bonds is 13. The Morgan fingerprint density at radius 2 is 1.14 bits per heavy atom. The SMILES string of the molecule is C[C@@H](ON=C(C(=O)O)c1csc(NC(c2ccccc2)(c2ccccc2)c2ccccc2)n1)C(=O)OC(c1ccccc1)c1ccccc1. The van der Waals surface area contributed by atoms with Crippen LogP contribution in [-0.2, 0) is 24.7 Å². The standard InChI is InChI=1S/C40H33N3O5S/c1-28(38(46)47-36(29-17-7-2-8-18-29)30-19-9-3-10-20-30)48-43-35(37(44)45)34-27-49-39(41-34)42-40(31-21-11-4-12-22-31,32-23-13-5-14-24-32)33-25-15-6-16-26-33/h2-28,36H,1H3,(H,41,42)(H,44,45)/t28-/m1/s1. The van der Waals surface area contributed by atoms with E-state index in [0.29, 0.717) is 5.13 Å². The molecule has 0 aliphatic heterocycles. The van der Waals surface area contributed by atoms with Crippen molar-refractivity contribution in [3.8, 4) is 0 Å². The normalized spacial score (nSPS) is 12.2. The number of hydrogen-bond acceptors (Lipinski definition) is 8. The summed E-state index contributed by atoms with van der Waals surface area (Å²) in [5, 5.41) is 19.7. The molecule has 49 heavy (non-hydrogen) atoms. The maximum Gasteiger partial charge on any atom is 0.360 e. The van der Waals surface area contributed by atoms with Gasteiger partial charge in [0.25, 0.3) is 0 Å². The molecule has 8 nitrogen and oxygen atoms in total. The number of hydrogen-bond donors (Lipinski definition) is 2. The van der Waals surface area contributed by atoms with E-state index in [2.05, 4.69) is 15.5 Å². The van der Waals surface area contributed by atoms with Crippen molar-refractivity contribution in [3.05, 3.63) is 191 Å². The van der Waals surface area contributed by atoms with Crippen LogP contribution in [0.1, 0.15) is 46.5 Å². The lowest BCUT2D eigenvalue weighted by atomic mass is 9.77. The van der Waals surface area contributed by atoms with Gasteiger partial charge in [0, 0.05) is 5.38 Å². The number of anilines is 1. The molecule has 0 saturated heterocycles. The summed E-state index contributed by atoms with van der Waals surface area (Å²) in [7, 11) is 0. The van der Waals surface area contributed by atoms with Crippen LogP contribution in [-0.4, -0.2) is 33.8 Å². The molecule has 1 atom stereocenters. The zero-order valence-electron chi connectivity index (χ0n) is 26.5. The van der Waals surface area contributed by atoms with Gasteiger partial charge >= 0.3 is 11.9 Å². The second-order valence-electron chi connectivity index (χ2n) is 11.1. The fraction of sp³-hybridized carbons (Fsp3) is 0.100. The molecule has 0 amide bonds. The van der Waals surface area contributed by atoms with E-state index in [0.717, 1.165) is 27.8 Å². The summed E-state index contributed by atoms with van der Waals surface area (Å²) in [6, 6.07) is 48.7. The van der Waals surface area contributed by atoms with Crippen LogP contribution in [0, 0.1) is 0 Å². The molecule has 0 bridgehead atoms. The van der Waals surface area contributed by atoms with Crippen molar-refractivity contribution in [1.82, 2.24) is 4.98 Å². The van der Waals surface area contributed by atoms with Gasteiger partial charge in [0.2, 0.25) is 11.8 Å². The predicted molar refractivity (Wildman–Crippen MR) is 190 cm³/mol. The maximum atomic E-state index is 13.2. The number of oxime groups is 1. The topological polar surface area (TPSA) is 110 Å². The van der Waals surface area contributed by atoms with Gasteiger partial charge in [-0.1, -0.05) is 157 Å². The fourth-order valence-electron chi connectivity index (χ4n) is 5.55. The third-order valence-corrected chi connectivity index (χ3v) is 8.69. The van der Waals surface area contributed by atoms with Crippen LogP contribution in [0.25, 0.3) is 0 Å². The van der Waals surface area contributed by atoms with Gasteiger partial charge in [-0.2, -0.15) is 0 Å². The van der Waals surface area contributed by atoms with E-state index in [9.17, 15) is 14.7 Å². The molecule has 2 N–H and O–H groups in total. The van der Waals surface area contributed by atoms with Crippen molar-refractivity contribution >= 4 is 34.1 Å². The highest BCUT2D eigenvalue weighted by Crippen LogP contribution is 2.40. The molecular formula is C40H33N3O5S. The lowest BCUT2D eigenvalue weighted by molar-refractivity contribution is -0.160. The number of nitrogens with one attached hydrogen (secondary N) is 1. The second kappa shape index (κ2) is 15.2. The highest BCUT2D eigenvalue weighted by atomic mass is 32.1. The number of carboxylic acids is 1. The van der Waals surface area contributed by atoms with Gasteiger partial charge in [-0.05, 0) is 34.7 Å². The zero-order chi connectivity index (χ0) is 34.1. The first-order valence-corrected chi connectivity index (χ1v) is 16.5. The lowest BCUT2D eigenvalue weighted by Gasteiger charge is -2.36. The van der Waals surface area contributed by atoms with E-state index in [1.165, 1.54) is 18.3 Å². The summed E-state index contributed by atoms with van der Waals surface area (Å²) in [6.07, 6.45) is -1.89. The van der Waals surface area contributed by atoms with E-state index >= 15 is 0 Å². The van der Waals surface area contributed by atoms with E-state index in [4.69, 9.17) is 9.57 Å². The minimum Gasteiger partial charge on any atom is -0.476 e. The van der Waals surface area contributed by atoms with Crippen molar-refractivity contribution < 1.29 is 24.3 Å². The molecule has 0 unspecified atom stereocenters. The summed E-state index contributed by atoms with van der Waals surface area (Å²) in [6.45, 7) is 1.46. The summed E-state index contributed by atoms with van der Waals surface area (Å²) >= 11 is 1.24. The number of nitrogens with zero attached hydrogens (tertiary/aromatic N) is 2. The van der Waals surface area contributed by atoms with Crippen LogP contribution in [0.2, 0.25) is 0 Å². The molecule has 0 saturated carbocycles. The van der Waals surface area contributed by atoms with Gasteiger partial charge < -0.3 is 20.0 Å². The van der Waals surface area contributed by atoms with Gasteiger partial charge in [0.1, 0.15) is 11.2 Å². The Balaban J connectivity index is 1.27. The van der Waals surface area contributed by atoms with Crippen molar-refractivity contribution in [2.75, 3.05) is 5.32 Å². The molecular weight excluding hydrogens is 635 g/mol. The summed E-state index contributed by atoms with van der Waals surface area (Å²) in [5.41, 5.74) is 3.24. The highest BCUT2D eigenvalue weighted by molar-refractivity contribution is 7.14. The van der Waals surface area contributed by atoms with Crippen LogP contribution in [0.3, 0.4) is 0 Å². The predicted octanol–water partition coefficient (Wildman–Crippen LogP) is 8.07. The number of carboxylic acid groups (broad SMARTS) is 1. The third kappa shape index (κ3) is 7.42. The summed E-state index contributed by atoms with van der Waals surface area (Å²) in [4.78, 5) is 35.7. The number of carbonyl (C=O) groups is 2. The minimum atomic E-state index is -1.36. The second-order valence-corrected chi connectivity index (χ2v) is 12.0. The Bertz CT molecular complexity index is 1870. The minimum absolute atomic E-state index is 0.0788. The molecule has 0 aliphatic carbocycles. The highest BCUT2D eigenvalue weighted by Gasteiger charge is 2.37. The molecule has 0 radical (unpaired) electrons. The van der Waals surface area contributed by atoms with Gasteiger partial charge in [0.15, 0.2) is 11.2 Å². The molecule has 0 spiro atoms. The molecule has 6 rings (SSSR count). The van der Waals surface area contributed by atoms with Crippen LogP contribution < -0.4 is 5.32 Å². The Morgan fingerprint density at radius 1 is 0.714 bits per heavy atom. The maximum absolute atomic E-state index is 13.2. The van der Waals surface area contributed by atoms with Crippen molar-refractivity contribution in [2.24, 2.45) is 5.16 Å². The van der Waals surface area contributed by atoms with Crippen LogP contribution in [0.15, 0.2) is 162 Å². The summed E-state index contributed by atoms with van der Waals surface area (Å²) in [5.74, 6) is -2.06. The molecule has 1 aromatic heterocycles. The molecule has 244 valence electrons. The van der Waals surface area contributed by atoms with Gasteiger partial charge in [-0.15, -0.1) is 11.3 Å². The van der Waals surface area contributed by atoms with E-state index in [1.807, 2.05) is 152 Å². The van der Waals surface area contributed by atoms with E-state index in [1.54, 1.807) is 5.38 Å². The number of thiazole rings is 1. The van der Waals surface area contributed by atoms with Crippen LogP contribution in [0.5, 0.6) is 0 Å². The lowest BCUT2D eigenvalue weighted by Crippen LogP contribution is -2.38. The molecule has 1 heterocycles. The number of ether oxygens (including phenoxy) is 1. The Labute approximate surface area is 288 Å². The average Bonchev–Trinajstić information content (AvgIpc) is 3.62. The van der Waals surface area contributed by atoms with Gasteiger partial charge in [-0.3, -0.25) is 0 Å². The van der Waals surface area contributed by atoms with Crippen LogP contribution >= 0.6 is 11.3 Å². The van der Waals surface area contributed by atoms with E-state index < -0.39 is 35.4 Å². The molecule has 6 aromatic rings. The van der Waals surface area contributed by atoms with Crippen molar-refractivity contribution in [1.29, 1.82) is 0 Å². The number of aromatic nitrogens is 1. The molecule has 0 aliphatic rings. The first-order chi connectivity index (χ1) is 24.0. The zero-order valence-corrected chi connectivity index (χ0v) is 27.4. The Kier molecular flexibility index (Phi) is 10.2. The average molecular weight is 668 g/mol. The largest absolute Gasteiger partial charge is 0.476 e. The van der Waals surface area contributed by atoms with Gasteiger partial charge in [0.05, 0.1) is 0 Å². The van der Waals surface area contributed by atoms with Crippen molar-refractivity contribution in [3.63, 3.8) is 0 Å². The monoisotopic (exact) mass is 667 g/mol. The van der Waals surface area contributed by atoms with E-state index in [-0.39, 0.29) is 5.69 Å². The smallest absolute Gasteiger partial charge is 0.360 e. The molecule has 0 fully saturated rings. The third-order valence-electron chi connectivity index (χ3n) is 7.94. The van der Waals surface area contributed by atoms with Crippen molar-refractivity contribution in [2.45, 2.75) is 24.7 Å². The number of carbonyl (C=O) groups excluding carboxylic acids is 1. The summed E-state index contributed by atoms with van der Waals surface area (Å²) < 4.78 is 5.86.